The number of azo groups is 1. The average molecular weight is 391 g/mol. The van der Waals surface area contributed by atoms with E-state index < -0.39 is 27.0 Å². The zero-order valence-electron chi connectivity index (χ0n) is 14.1. The number of carbonyl (C=O) groups is 1. The molecule has 0 bridgehead atoms. The fraction of sp³-hybridized carbons (Fsp3) is 0.0625. The van der Waals surface area contributed by atoms with Gasteiger partial charge in [-0.25, -0.2) is 8.42 Å². The van der Waals surface area contributed by atoms with Gasteiger partial charge >= 0.3 is 35.4 Å². The van der Waals surface area contributed by atoms with Crippen molar-refractivity contribution in [2.24, 2.45) is 15.3 Å². The molecule has 1 heterocycles. The maximum atomic E-state index is 12.5. The van der Waals surface area contributed by atoms with E-state index in [0.29, 0.717) is 5.69 Å². The molecule has 11 heteroatoms. The summed E-state index contributed by atoms with van der Waals surface area (Å²) in [6.45, 7) is 7.16. The third-order valence-corrected chi connectivity index (χ3v) is 4.27. The number of amidine groups is 1. The molecule has 0 aromatic heterocycles. The Labute approximate surface area is 177 Å². The molecular formula is C16H10N5NaO4S. The third kappa shape index (κ3) is 4.65. The first-order chi connectivity index (χ1) is 12.4. The smallest absolute Gasteiger partial charge is 0.744 e. The molecule has 3 rings (SSSR count). The Kier molecular flexibility index (Phi) is 6.59. The van der Waals surface area contributed by atoms with Crippen LogP contribution in [-0.4, -0.2) is 30.8 Å². The van der Waals surface area contributed by atoms with E-state index in [0.717, 1.165) is 17.1 Å². The summed E-state index contributed by atoms with van der Waals surface area (Å²) in [6.07, 6.45) is 0. The molecule has 0 fully saturated rings. The van der Waals surface area contributed by atoms with Crippen LogP contribution in [0.4, 0.5) is 11.4 Å². The molecular weight excluding hydrogens is 381 g/mol. The van der Waals surface area contributed by atoms with E-state index in [9.17, 15) is 17.8 Å². The fourth-order valence-electron chi connectivity index (χ4n) is 2.18. The maximum absolute atomic E-state index is 12.5. The van der Waals surface area contributed by atoms with Gasteiger partial charge in [-0.15, -0.1) is 5.01 Å². The monoisotopic (exact) mass is 391 g/mol. The summed E-state index contributed by atoms with van der Waals surface area (Å²) in [4.78, 5) is 15.3. The third-order valence-electron chi connectivity index (χ3n) is 3.42. The average Bonchev–Trinajstić information content (AvgIpc) is 2.96. The minimum atomic E-state index is -4.55. The van der Waals surface area contributed by atoms with Crippen LogP contribution in [0.3, 0.4) is 0 Å². The van der Waals surface area contributed by atoms with Gasteiger partial charge in [0.05, 0.1) is 16.3 Å². The van der Waals surface area contributed by atoms with Crippen LogP contribution in [0.1, 0.15) is 0 Å². The van der Waals surface area contributed by atoms with E-state index in [2.05, 4.69) is 20.2 Å². The molecule has 0 saturated heterocycles. The number of benzene rings is 2. The van der Waals surface area contributed by atoms with Gasteiger partial charge in [-0.2, -0.15) is 10.2 Å². The number of hydrogen-bond donors (Lipinski definition) is 0. The van der Waals surface area contributed by atoms with Crippen LogP contribution in [0.2, 0.25) is 0 Å². The van der Waals surface area contributed by atoms with E-state index in [-0.39, 0.29) is 41.1 Å². The van der Waals surface area contributed by atoms with Gasteiger partial charge in [0.15, 0.2) is 0 Å². The van der Waals surface area contributed by atoms with Crippen LogP contribution in [0.25, 0.3) is 4.85 Å². The maximum Gasteiger partial charge on any atom is 1.00 e. The Morgan fingerprint density at radius 3 is 2.30 bits per heavy atom. The Morgan fingerprint density at radius 2 is 1.74 bits per heavy atom. The minimum absolute atomic E-state index is 0. The van der Waals surface area contributed by atoms with Crippen molar-refractivity contribution in [2.45, 2.75) is 10.9 Å². The van der Waals surface area contributed by atoms with Crippen LogP contribution in [0.5, 0.6) is 0 Å². The van der Waals surface area contributed by atoms with Crippen molar-refractivity contribution in [3.63, 3.8) is 0 Å². The second-order valence-electron chi connectivity index (χ2n) is 5.12. The minimum Gasteiger partial charge on any atom is -0.744 e. The second kappa shape index (κ2) is 8.51. The van der Waals surface area contributed by atoms with Gasteiger partial charge in [-0.1, -0.05) is 24.8 Å². The molecule has 0 N–H and O–H groups in total. The zero-order chi connectivity index (χ0) is 18.7. The van der Waals surface area contributed by atoms with E-state index in [1.54, 1.807) is 30.3 Å². The number of rotatable bonds is 4. The number of anilines is 1. The number of carbonyl (C=O) groups excluding carboxylic acids is 1. The van der Waals surface area contributed by atoms with Gasteiger partial charge in [-0.3, -0.25) is 4.79 Å². The van der Waals surface area contributed by atoms with Crippen molar-refractivity contribution < 1.29 is 47.3 Å². The number of amides is 1. The number of para-hydroxylation sites is 1. The van der Waals surface area contributed by atoms with Gasteiger partial charge in [0.1, 0.15) is 10.1 Å². The van der Waals surface area contributed by atoms with Crippen LogP contribution < -0.4 is 34.6 Å². The SMILES string of the molecule is [C-]#[N+]C1=NN(c2ccccc2)C(=O)C1N=Nc1ccc(S(=O)(=O)[O-])cc1.[Na+]. The normalized spacial score (nSPS) is 16.7. The Hall–Kier alpha value is -2.42. The summed E-state index contributed by atoms with van der Waals surface area (Å²) < 4.78 is 32.7. The molecule has 1 atom stereocenters. The molecule has 27 heavy (non-hydrogen) atoms. The first-order valence-corrected chi connectivity index (χ1v) is 8.63. The molecule has 1 aliphatic heterocycles. The topological polar surface area (TPSA) is 119 Å². The van der Waals surface area contributed by atoms with Gasteiger partial charge in [-0.05, 0) is 41.5 Å². The largest absolute Gasteiger partial charge is 1.00 e. The van der Waals surface area contributed by atoms with Crippen molar-refractivity contribution in [3.8, 4) is 0 Å². The fourth-order valence-corrected chi connectivity index (χ4v) is 2.64. The zero-order valence-corrected chi connectivity index (χ0v) is 16.9. The predicted molar refractivity (Wildman–Crippen MR) is 90.7 cm³/mol. The van der Waals surface area contributed by atoms with Crippen molar-refractivity contribution in [1.29, 1.82) is 0 Å². The van der Waals surface area contributed by atoms with Crippen molar-refractivity contribution in [2.75, 3.05) is 5.01 Å². The standard InChI is InChI=1S/C16H11N5O4S.Na/c1-17-15-14(16(22)21(20-15)12-5-3-2-4-6-12)19-18-11-7-9-13(10-8-11)26(23,24)25;/h2-10,14H,(H,23,24,25);/q;+1/p-1. The van der Waals surface area contributed by atoms with Crippen LogP contribution in [0, 0.1) is 6.57 Å². The van der Waals surface area contributed by atoms with Crippen LogP contribution in [0.15, 0.2) is 74.8 Å². The molecule has 1 amide bonds. The second-order valence-corrected chi connectivity index (χ2v) is 6.50. The Morgan fingerprint density at radius 1 is 1.11 bits per heavy atom. The molecule has 2 aromatic carbocycles. The Balaban J connectivity index is 0.00000261. The first-order valence-electron chi connectivity index (χ1n) is 7.22. The van der Waals surface area contributed by atoms with Gasteiger partial charge in [0.25, 0.3) is 5.91 Å². The Bertz CT molecular complexity index is 1050. The van der Waals surface area contributed by atoms with Crippen molar-refractivity contribution in [3.05, 3.63) is 66.0 Å². The summed E-state index contributed by atoms with van der Waals surface area (Å²) in [5, 5.41) is 12.8. The van der Waals surface area contributed by atoms with Gasteiger partial charge in [0.2, 0.25) is 6.04 Å². The number of hydrogen-bond acceptors (Lipinski definition) is 7. The van der Waals surface area contributed by atoms with Crippen molar-refractivity contribution >= 4 is 33.2 Å². The molecule has 130 valence electrons. The van der Waals surface area contributed by atoms with Crippen LogP contribution >= 0.6 is 0 Å². The molecule has 9 nitrogen and oxygen atoms in total. The van der Waals surface area contributed by atoms with E-state index >= 15 is 0 Å². The molecule has 1 unspecified atom stereocenters. The summed E-state index contributed by atoms with van der Waals surface area (Å²) in [5.41, 5.74) is 0.731. The molecule has 2 aromatic rings. The molecule has 0 radical (unpaired) electrons. The van der Waals surface area contributed by atoms with E-state index in [1.807, 2.05) is 0 Å². The summed E-state index contributed by atoms with van der Waals surface area (Å²) >= 11 is 0. The van der Waals surface area contributed by atoms with Crippen molar-refractivity contribution in [1.82, 2.24) is 0 Å². The van der Waals surface area contributed by atoms with Gasteiger partial charge < -0.3 is 9.40 Å². The summed E-state index contributed by atoms with van der Waals surface area (Å²) in [7, 11) is -4.55. The summed E-state index contributed by atoms with van der Waals surface area (Å²) in [5.74, 6) is -0.647. The molecule has 0 aliphatic carbocycles. The summed E-state index contributed by atoms with van der Waals surface area (Å²) in [6, 6.07) is 12.1. The molecule has 1 aliphatic rings. The molecule has 0 saturated carbocycles. The first kappa shape index (κ1) is 20.9. The quantitative estimate of drug-likeness (QED) is 0.297. The molecule has 0 spiro atoms. The predicted octanol–water partition coefficient (Wildman–Crippen LogP) is -0.673. The van der Waals surface area contributed by atoms with Crippen LogP contribution in [-0.2, 0) is 14.9 Å². The number of nitrogens with zero attached hydrogens (tertiary/aromatic N) is 5. The van der Waals surface area contributed by atoms with E-state index in [4.69, 9.17) is 6.57 Å². The van der Waals surface area contributed by atoms with E-state index in [1.165, 1.54) is 12.1 Å². The number of hydrazone groups is 1. The van der Waals surface area contributed by atoms with Gasteiger partial charge in [0, 0.05) is 0 Å².